The van der Waals surface area contributed by atoms with Gasteiger partial charge in [0.1, 0.15) is 12.9 Å². The minimum Gasteiger partial charge on any atom is -0.466 e. The molecule has 22 heavy (non-hydrogen) atoms. The topological polar surface area (TPSA) is 81.7 Å². The highest BCUT2D eigenvalue weighted by molar-refractivity contribution is 5.77. The molecule has 0 aliphatic carbocycles. The van der Waals surface area contributed by atoms with Crippen molar-refractivity contribution in [3.8, 4) is 0 Å². The number of rotatable bonds is 8. The normalized spacial score (nSPS) is 12.8. The summed E-state index contributed by atoms with van der Waals surface area (Å²) >= 11 is 0. The van der Waals surface area contributed by atoms with Crippen molar-refractivity contribution in [2.45, 2.75) is 38.8 Å². The lowest BCUT2D eigenvalue weighted by Crippen LogP contribution is -2.47. The van der Waals surface area contributed by atoms with Crippen molar-refractivity contribution in [2.75, 3.05) is 6.61 Å². The molecule has 0 radical (unpaired) electrons. The number of carbonyl (C=O) groups excluding carboxylic acids is 3. The van der Waals surface area contributed by atoms with Crippen LogP contribution in [0, 0.1) is 0 Å². The van der Waals surface area contributed by atoms with Crippen LogP contribution in [0.2, 0.25) is 0 Å². The van der Waals surface area contributed by atoms with Crippen molar-refractivity contribution in [2.24, 2.45) is 0 Å². The molecule has 0 saturated heterocycles. The van der Waals surface area contributed by atoms with Crippen LogP contribution in [-0.2, 0) is 25.7 Å². The molecule has 120 valence electrons. The molecule has 1 atom stereocenters. The predicted molar refractivity (Wildman–Crippen MR) is 80.1 cm³/mol. The first kappa shape index (κ1) is 17.7. The molecule has 0 spiro atoms. The number of amides is 1. The Balaban J connectivity index is 2.44. The fourth-order valence-electron chi connectivity index (χ4n) is 1.74. The molecular weight excluding hydrogens is 286 g/mol. The summed E-state index contributed by atoms with van der Waals surface area (Å²) in [5, 5.41) is 2.47. The lowest BCUT2D eigenvalue weighted by atomic mass is 9.98. The SMILES string of the molecule is CCOC(=O)CC[C@@](C)(C=O)NC(=O)OCc1ccccc1. The van der Waals surface area contributed by atoms with Crippen LogP contribution in [0.3, 0.4) is 0 Å². The second-order valence-corrected chi connectivity index (χ2v) is 5.03. The highest BCUT2D eigenvalue weighted by atomic mass is 16.5. The molecule has 0 aromatic heterocycles. The number of benzene rings is 1. The van der Waals surface area contributed by atoms with Gasteiger partial charge >= 0.3 is 12.1 Å². The van der Waals surface area contributed by atoms with E-state index in [1.165, 1.54) is 6.92 Å². The van der Waals surface area contributed by atoms with E-state index in [-0.39, 0.29) is 26.1 Å². The largest absolute Gasteiger partial charge is 0.466 e. The molecule has 6 nitrogen and oxygen atoms in total. The molecule has 0 bridgehead atoms. The van der Waals surface area contributed by atoms with Crippen LogP contribution >= 0.6 is 0 Å². The fourth-order valence-corrected chi connectivity index (χ4v) is 1.74. The van der Waals surface area contributed by atoms with Gasteiger partial charge in [0.05, 0.1) is 12.1 Å². The average molecular weight is 307 g/mol. The number of hydrogen-bond acceptors (Lipinski definition) is 5. The minimum absolute atomic E-state index is 0.0437. The summed E-state index contributed by atoms with van der Waals surface area (Å²) in [4.78, 5) is 34.3. The predicted octanol–water partition coefficient (Wildman–Crippen LogP) is 2.21. The molecule has 0 fully saturated rings. The van der Waals surface area contributed by atoms with Gasteiger partial charge in [-0.3, -0.25) is 4.79 Å². The maximum absolute atomic E-state index is 11.8. The number of carbonyl (C=O) groups is 3. The number of esters is 1. The van der Waals surface area contributed by atoms with Crippen molar-refractivity contribution in [1.29, 1.82) is 0 Å². The monoisotopic (exact) mass is 307 g/mol. The Labute approximate surface area is 129 Å². The van der Waals surface area contributed by atoms with Gasteiger partial charge < -0.3 is 19.6 Å². The Morgan fingerprint density at radius 3 is 2.50 bits per heavy atom. The molecule has 0 unspecified atom stereocenters. The first-order valence-corrected chi connectivity index (χ1v) is 7.10. The number of aldehydes is 1. The summed E-state index contributed by atoms with van der Waals surface area (Å²) in [6, 6.07) is 9.19. The smallest absolute Gasteiger partial charge is 0.408 e. The van der Waals surface area contributed by atoms with Crippen LogP contribution < -0.4 is 5.32 Å². The second-order valence-electron chi connectivity index (χ2n) is 5.03. The van der Waals surface area contributed by atoms with E-state index < -0.39 is 17.6 Å². The van der Waals surface area contributed by atoms with E-state index in [4.69, 9.17) is 9.47 Å². The Morgan fingerprint density at radius 2 is 1.91 bits per heavy atom. The van der Waals surface area contributed by atoms with Gasteiger partial charge in [-0.05, 0) is 25.8 Å². The lowest BCUT2D eigenvalue weighted by Gasteiger charge is -2.23. The highest BCUT2D eigenvalue weighted by Gasteiger charge is 2.27. The van der Waals surface area contributed by atoms with Gasteiger partial charge in [-0.25, -0.2) is 4.79 Å². The van der Waals surface area contributed by atoms with Crippen LogP contribution in [-0.4, -0.2) is 30.5 Å². The lowest BCUT2D eigenvalue weighted by molar-refractivity contribution is -0.143. The van der Waals surface area contributed by atoms with E-state index in [2.05, 4.69) is 5.32 Å². The zero-order valence-electron chi connectivity index (χ0n) is 12.8. The summed E-state index contributed by atoms with van der Waals surface area (Å²) in [6.07, 6.45) is 0.0793. The van der Waals surface area contributed by atoms with Crippen molar-refractivity contribution >= 4 is 18.3 Å². The molecule has 6 heteroatoms. The third-order valence-corrected chi connectivity index (χ3v) is 3.01. The van der Waals surface area contributed by atoms with Gasteiger partial charge in [-0.15, -0.1) is 0 Å². The molecule has 0 heterocycles. The summed E-state index contributed by atoms with van der Waals surface area (Å²) in [5.41, 5.74) is -0.322. The standard InChI is InChI=1S/C16H21NO5/c1-3-21-14(19)9-10-16(2,12-18)17-15(20)22-11-13-7-5-4-6-8-13/h4-8,12H,3,9-11H2,1-2H3,(H,17,20)/t16-/m0/s1. The van der Waals surface area contributed by atoms with Gasteiger partial charge in [0.2, 0.25) is 0 Å². The zero-order chi connectivity index (χ0) is 16.4. The van der Waals surface area contributed by atoms with Gasteiger partial charge in [-0.2, -0.15) is 0 Å². The van der Waals surface area contributed by atoms with Crippen LogP contribution in [0.25, 0.3) is 0 Å². The Hall–Kier alpha value is -2.37. The van der Waals surface area contributed by atoms with Crippen LogP contribution in [0.1, 0.15) is 32.3 Å². The first-order valence-electron chi connectivity index (χ1n) is 7.10. The van der Waals surface area contributed by atoms with E-state index in [1.807, 2.05) is 30.3 Å². The number of nitrogens with one attached hydrogen (secondary N) is 1. The minimum atomic E-state index is -1.17. The first-order chi connectivity index (χ1) is 10.5. The third kappa shape index (κ3) is 6.39. The summed E-state index contributed by atoms with van der Waals surface area (Å²) in [6.45, 7) is 3.63. The second kappa shape index (κ2) is 8.81. The van der Waals surface area contributed by atoms with E-state index in [0.29, 0.717) is 6.29 Å². The fraction of sp³-hybridized carbons (Fsp3) is 0.438. The van der Waals surface area contributed by atoms with E-state index >= 15 is 0 Å². The maximum atomic E-state index is 11.8. The van der Waals surface area contributed by atoms with E-state index in [1.54, 1.807) is 6.92 Å². The molecule has 1 aromatic rings. The Kier molecular flexibility index (Phi) is 7.08. The van der Waals surface area contributed by atoms with Crippen molar-refractivity contribution < 1.29 is 23.9 Å². The van der Waals surface area contributed by atoms with Crippen molar-refractivity contribution in [3.05, 3.63) is 35.9 Å². The van der Waals surface area contributed by atoms with Crippen molar-refractivity contribution in [3.63, 3.8) is 0 Å². The summed E-state index contributed by atoms with van der Waals surface area (Å²) < 4.78 is 9.85. The maximum Gasteiger partial charge on any atom is 0.408 e. The third-order valence-electron chi connectivity index (χ3n) is 3.01. The number of alkyl carbamates (subject to hydrolysis) is 1. The molecule has 1 N–H and O–H groups in total. The van der Waals surface area contributed by atoms with Gasteiger partial charge in [0.25, 0.3) is 0 Å². The van der Waals surface area contributed by atoms with Gasteiger partial charge in [0, 0.05) is 6.42 Å². The number of hydrogen-bond donors (Lipinski definition) is 1. The molecular formula is C16H21NO5. The van der Waals surface area contributed by atoms with E-state index in [9.17, 15) is 14.4 Å². The van der Waals surface area contributed by atoms with Crippen LogP contribution in [0.5, 0.6) is 0 Å². The Bertz CT molecular complexity index is 503. The Morgan fingerprint density at radius 1 is 1.23 bits per heavy atom. The molecule has 1 aromatic carbocycles. The highest BCUT2D eigenvalue weighted by Crippen LogP contribution is 2.11. The number of ether oxygens (including phenoxy) is 2. The summed E-state index contributed by atoms with van der Waals surface area (Å²) in [5.74, 6) is -0.407. The molecule has 0 aliphatic rings. The zero-order valence-corrected chi connectivity index (χ0v) is 12.8. The molecule has 0 aliphatic heterocycles. The quantitative estimate of drug-likeness (QED) is 0.588. The van der Waals surface area contributed by atoms with Crippen molar-refractivity contribution in [1.82, 2.24) is 5.32 Å². The average Bonchev–Trinajstić information content (AvgIpc) is 2.52. The van der Waals surface area contributed by atoms with E-state index in [0.717, 1.165) is 5.56 Å². The molecule has 0 saturated carbocycles. The van der Waals surface area contributed by atoms with Gasteiger partial charge in [0.15, 0.2) is 0 Å². The molecule has 1 rings (SSSR count). The van der Waals surface area contributed by atoms with Crippen LogP contribution in [0.4, 0.5) is 4.79 Å². The van der Waals surface area contributed by atoms with Crippen LogP contribution in [0.15, 0.2) is 30.3 Å². The van der Waals surface area contributed by atoms with Gasteiger partial charge in [-0.1, -0.05) is 30.3 Å². The molecule has 1 amide bonds. The summed E-state index contributed by atoms with van der Waals surface area (Å²) in [7, 11) is 0.